The van der Waals surface area contributed by atoms with Crippen LogP contribution >= 0.6 is 0 Å². The van der Waals surface area contributed by atoms with Gasteiger partial charge in [-0.25, -0.2) is 4.79 Å². The Morgan fingerprint density at radius 3 is 2.55 bits per heavy atom. The monoisotopic (exact) mass is 380 g/mol. The van der Waals surface area contributed by atoms with Gasteiger partial charge >= 0.3 is 5.76 Å². The van der Waals surface area contributed by atoms with Crippen LogP contribution in [0.4, 0.5) is 22.7 Å². The molecule has 6 nitrogen and oxygen atoms in total. The number of hydrogen-bond acceptors (Lipinski definition) is 5. The first-order valence-electron chi connectivity index (χ1n) is 9.15. The average molecular weight is 380 g/mol. The first kappa shape index (κ1) is 16.9. The summed E-state index contributed by atoms with van der Waals surface area (Å²) in [6.07, 6.45) is 0. The number of aromatic amines is 1. The van der Waals surface area contributed by atoms with E-state index in [0.29, 0.717) is 16.8 Å². The van der Waals surface area contributed by atoms with Gasteiger partial charge in [0.25, 0.3) is 0 Å². The van der Waals surface area contributed by atoms with Gasteiger partial charge in [-0.15, -0.1) is 5.11 Å². The lowest BCUT2D eigenvalue weighted by atomic mass is 10.1. The van der Waals surface area contributed by atoms with E-state index in [1.807, 2.05) is 60.7 Å². The number of H-pyrrole nitrogens is 1. The second-order valence-corrected chi connectivity index (χ2v) is 6.57. The number of para-hydroxylation sites is 1. The summed E-state index contributed by atoms with van der Waals surface area (Å²) in [4.78, 5) is 14.0. The van der Waals surface area contributed by atoms with Crippen molar-refractivity contribution in [3.05, 3.63) is 95.5 Å². The van der Waals surface area contributed by atoms with Crippen molar-refractivity contribution in [2.24, 2.45) is 10.2 Å². The molecule has 1 heterocycles. The van der Waals surface area contributed by atoms with Crippen molar-refractivity contribution < 1.29 is 4.42 Å². The molecule has 1 aromatic heterocycles. The van der Waals surface area contributed by atoms with Crippen LogP contribution in [0.3, 0.4) is 0 Å². The Labute approximate surface area is 165 Å². The minimum absolute atomic E-state index is 0.451. The molecule has 0 atom stereocenters. The predicted octanol–water partition coefficient (Wildman–Crippen LogP) is 6.43. The molecule has 5 rings (SSSR count). The third-order valence-electron chi connectivity index (χ3n) is 4.62. The third-order valence-corrected chi connectivity index (χ3v) is 4.62. The number of rotatable bonds is 4. The Bertz CT molecular complexity index is 1400. The number of benzene rings is 4. The fourth-order valence-electron chi connectivity index (χ4n) is 3.24. The van der Waals surface area contributed by atoms with Gasteiger partial charge in [0.15, 0.2) is 5.58 Å². The number of anilines is 2. The molecule has 0 aliphatic carbocycles. The summed E-state index contributed by atoms with van der Waals surface area (Å²) in [5, 5.41) is 14.4. The molecular formula is C23H16N4O2. The van der Waals surface area contributed by atoms with E-state index in [4.69, 9.17) is 4.42 Å². The lowest BCUT2D eigenvalue weighted by molar-refractivity contribution is 0.555. The second-order valence-electron chi connectivity index (χ2n) is 6.57. The Balaban J connectivity index is 1.60. The van der Waals surface area contributed by atoms with Crippen LogP contribution in [0.25, 0.3) is 21.9 Å². The maximum atomic E-state index is 11.4. The van der Waals surface area contributed by atoms with Gasteiger partial charge < -0.3 is 9.73 Å². The van der Waals surface area contributed by atoms with E-state index >= 15 is 0 Å². The highest BCUT2D eigenvalue weighted by Crippen LogP contribution is 2.37. The normalized spacial score (nSPS) is 11.4. The van der Waals surface area contributed by atoms with Crippen LogP contribution in [0.2, 0.25) is 0 Å². The third kappa shape index (κ3) is 3.39. The molecule has 0 saturated heterocycles. The van der Waals surface area contributed by atoms with Crippen molar-refractivity contribution in [3.63, 3.8) is 0 Å². The van der Waals surface area contributed by atoms with E-state index in [-0.39, 0.29) is 0 Å². The van der Waals surface area contributed by atoms with Gasteiger partial charge in [0, 0.05) is 17.1 Å². The highest BCUT2D eigenvalue weighted by molar-refractivity contribution is 5.99. The summed E-state index contributed by atoms with van der Waals surface area (Å²) < 4.78 is 5.11. The lowest BCUT2D eigenvalue weighted by Crippen LogP contribution is -1.92. The van der Waals surface area contributed by atoms with E-state index in [0.717, 1.165) is 27.8 Å². The zero-order valence-electron chi connectivity index (χ0n) is 15.3. The molecule has 0 bridgehead atoms. The summed E-state index contributed by atoms with van der Waals surface area (Å²) in [5.41, 5.74) is 4.24. The topological polar surface area (TPSA) is 82.8 Å². The molecule has 0 aliphatic heterocycles. The van der Waals surface area contributed by atoms with Crippen LogP contribution < -0.4 is 11.1 Å². The van der Waals surface area contributed by atoms with E-state index in [2.05, 4.69) is 26.6 Å². The van der Waals surface area contributed by atoms with E-state index < -0.39 is 5.76 Å². The summed E-state index contributed by atoms with van der Waals surface area (Å²) in [5.74, 6) is -0.488. The summed E-state index contributed by atoms with van der Waals surface area (Å²) >= 11 is 0. The SMILES string of the molecule is O=c1[nH]c2ccc(N=Nc3c(Nc4ccccc4)ccc4ccccc34)cc2o1. The van der Waals surface area contributed by atoms with Gasteiger partial charge in [-0.2, -0.15) is 5.11 Å². The van der Waals surface area contributed by atoms with Crippen LogP contribution in [0, 0.1) is 0 Å². The molecule has 0 saturated carbocycles. The van der Waals surface area contributed by atoms with Crippen LogP contribution in [-0.2, 0) is 0 Å². The number of nitrogens with one attached hydrogen (secondary N) is 2. The first-order valence-corrected chi connectivity index (χ1v) is 9.15. The first-order chi connectivity index (χ1) is 14.3. The van der Waals surface area contributed by atoms with Gasteiger partial charge in [0.2, 0.25) is 0 Å². The zero-order valence-corrected chi connectivity index (χ0v) is 15.3. The molecule has 0 amide bonds. The Morgan fingerprint density at radius 2 is 1.66 bits per heavy atom. The minimum Gasteiger partial charge on any atom is -0.408 e. The van der Waals surface area contributed by atoms with Crippen molar-refractivity contribution in [3.8, 4) is 0 Å². The maximum Gasteiger partial charge on any atom is 0.417 e. The molecule has 29 heavy (non-hydrogen) atoms. The van der Waals surface area contributed by atoms with E-state index in [1.54, 1.807) is 18.2 Å². The molecule has 0 fully saturated rings. The number of oxazole rings is 1. The molecule has 140 valence electrons. The number of nitrogens with zero attached hydrogens (tertiary/aromatic N) is 2. The van der Waals surface area contributed by atoms with Crippen LogP contribution in [0.15, 0.2) is 104 Å². The van der Waals surface area contributed by atoms with Crippen LogP contribution in [-0.4, -0.2) is 4.98 Å². The second kappa shape index (κ2) is 7.09. The van der Waals surface area contributed by atoms with Crippen molar-refractivity contribution in [1.82, 2.24) is 4.98 Å². The number of hydrogen-bond donors (Lipinski definition) is 2. The van der Waals surface area contributed by atoms with Crippen molar-refractivity contribution in [2.75, 3.05) is 5.32 Å². The fourth-order valence-corrected chi connectivity index (χ4v) is 3.24. The van der Waals surface area contributed by atoms with Gasteiger partial charge in [0.1, 0.15) is 5.69 Å². The standard InChI is InChI=1S/C23H16N4O2/c28-23-25-19-13-11-17(14-21(19)29-23)26-27-22-18-9-5-4-6-15(18)10-12-20(22)24-16-7-2-1-3-8-16/h1-14,24H,(H,25,28). The average Bonchev–Trinajstić information content (AvgIpc) is 3.13. The molecule has 0 spiro atoms. The highest BCUT2D eigenvalue weighted by Gasteiger charge is 2.08. The van der Waals surface area contributed by atoms with Crippen molar-refractivity contribution in [2.45, 2.75) is 0 Å². The number of fused-ring (bicyclic) bond motifs is 2. The minimum atomic E-state index is -0.488. The quantitative estimate of drug-likeness (QED) is 0.352. The molecule has 0 unspecified atom stereocenters. The van der Waals surface area contributed by atoms with Gasteiger partial charge in [-0.1, -0.05) is 48.5 Å². The van der Waals surface area contributed by atoms with Gasteiger partial charge in [-0.3, -0.25) is 4.98 Å². The Hall–Kier alpha value is -4.19. The lowest BCUT2D eigenvalue weighted by Gasteiger charge is -2.11. The predicted molar refractivity (Wildman–Crippen MR) is 115 cm³/mol. The van der Waals surface area contributed by atoms with Crippen LogP contribution in [0.5, 0.6) is 0 Å². The molecule has 4 aromatic carbocycles. The molecule has 0 radical (unpaired) electrons. The molecular weight excluding hydrogens is 364 g/mol. The Kier molecular flexibility index (Phi) is 4.14. The largest absolute Gasteiger partial charge is 0.417 e. The van der Waals surface area contributed by atoms with Gasteiger partial charge in [0.05, 0.1) is 16.9 Å². The van der Waals surface area contributed by atoms with Crippen molar-refractivity contribution in [1.29, 1.82) is 0 Å². The molecule has 6 heteroatoms. The molecule has 5 aromatic rings. The summed E-state index contributed by atoms with van der Waals surface area (Å²) in [7, 11) is 0. The van der Waals surface area contributed by atoms with Crippen molar-refractivity contribution >= 4 is 44.6 Å². The highest BCUT2D eigenvalue weighted by atomic mass is 16.4. The number of aromatic nitrogens is 1. The zero-order chi connectivity index (χ0) is 19.6. The van der Waals surface area contributed by atoms with Gasteiger partial charge in [-0.05, 0) is 35.7 Å². The van der Waals surface area contributed by atoms with E-state index in [1.165, 1.54) is 0 Å². The summed E-state index contributed by atoms with van der Waals surface area (Å²) in [6.45, 7) is 0. The summed E-state index contributed by atoms with van der Waals surface area (Å²) in [6, 6.07) is 27.2. The fraction of sp³-hybridized carbons (Fsp3) is 0. The smallest absolute Gasteiger partial charge is 0.408 e. The number of azo groups is 1. The van der Waals surface area contributed by atoms with Crippen LogP contribution in [0.1, 0.15) is 0 Å². The van der Waals surface area contributed by atoms with E-state index in [9.17, 15) is 4.79 Å². The maximum absolute atomic E-state index is 11.4. The molecule has 2 N–H and O–H groups in total. The Morgan fingerprint density at radius 1 is 0.828 bits per heavy atom. The molecule has 0 aliphatic rings.